The van der Waals surface area contributed by atoms with Crippen LogP contribution in [0.3, 0.4) is 0 Å². The molecule has 10 heteroatoms. The van der Waals surface area contributed by atoms with Gasteiger partial charge in [-0.3, -0.25) is 9.36 Å². The number of nitrogens with zero attached hydrogens (tertiary/aromatic N) is 2. The molecule has 0 aromatic heterocycles. The van der Waals surface area contributed by atoms with E-state index in [0.717, 1.165) is 6.42 Å². The molecule has 152 valence electrons. The number of ether oxygens (including phenoxy) is 2. The van der Waals surface area contributed by atoms with E-state index in [4.69, 9.17) is 14.4 Å². The highest BCUT2D eigenvalue weighted by Gasteiger charge is 2.49. The van der Waals surface area contributed by atoms with E-state index in [1.807, 2.05) is 13.8 Å². The van der Waals surface area contributed by atoms with Gasteiger partial charge in [0.05, 0.1) is 30.9 Å². The molecule has 2 aliphatic rings. The van der Waals surface area contributed by atoms with Crippen LogP contribution in [-0.4, -0.2) is 47.2 Å². The number of fused-ring (bicyclic) bond motifs is 1. The second-order valence-corrected chi connectivity index (χ2v) is 8.49. The zero-order valence-corrected chi connectivity index (χ0v) is 16.6. The molecule has 2 heterocycles. The summed E-state index contributed by atoms with van der Waals surface area (Å²) in [7, 11) is -4.84. The second kappa shape index (κ2) is 7.82. The van der Waals surface area contributed by atoms with Crippen molar-refractivity contribution in [2.24, 2.45) is 0 Å². The van der Waals surface area contributed by atoms with Gasteiger partial charge in [-0.05, 0) is 38.5 Å². The van der Waals surface area contributed by atoms with Gasteiger partial charge in [0.15, 0.2) is 0 Å². The van der Waals surface area contributed by atoms with Crippen LogP contribution in [0.25, 0.3) is 0 Å². The molecule has 0 radical (unpaired) electrons. The Morgan fingerprint density at radius 3 is 2.82 bits per heavy atom. The highest BCUT2D eigenvalue weighted by atomic mass is 31.2. The highest BCUT2D eigenvalue weighted by Crippen LogP contribution is 2.46. The number of nitriles is 1. The van der Waals surface area contributed by atoms with Gasteiger partial charge in [-0.1, -0.05) is 0 Å². The molecule has 1 fully saturated rings. The lowest BCUT2D eigenvalue weighted by Crippen LogP contribution is -2.55. The molecule has 3 rings (SSSR count). The molecule has 1 aromatic rings. The van der Waals surface area contributed by atoms with Crippen molar-refractivity contribution < 1.29 is 33.1 Å². The predicted octanol–water partition coefficient (Wildman–Crippen LogP) is 1.26. The normalized spacial score (nSPS) is 25.5. The maximum Gasteiger partial charge on any atom is 0.265 e. The van der Waals surface area contributed by atoms with E-state index >= 15 is 0 Å². The van der Waals surface area contributed by atoms with Crippen molar-refractivity contribution in [1.29, 1.82) is 5.26 Å². The molecule has 0 bridgehead atoms. The van der Waals surface area contributed by atoms with Gasteiger partial charge in [0.25, 0.3) is 7.82 Å². The number of phosphoric acid groups is 1. The van der Waals surface area contributed by atoms with Gasteiger partial charge in [0, 0.05) is 18.5 Å². The molecule has 2 aliphatic heterocycles. The summed E-state index contributed by atoms with van der Waals surface area (Å²) in [4.78, 5) is 33.7. The summed E-state index contributed by atoms with van der Waals surface area (Å²) in [6, 6.07) is 6.65. The Morgan fingerprint density at radius 1 is 1.46 bits per heavy atom. The third-order valence-electron chi connectivity index (χ3n) is 4.88. The Labute approximate surface area is 163 Å². The molecule has 1 unspecified atom stereocenters. The number of amides is 1. The molecule has 1 aromatic carbocycles. The molecule has 1 amide bonds. The van der Waals surface area contributed by atoms with Gasteiger partial charge in [0.1, 0.15) is 17.5 Å². The maximum atomic E-state index is 12.5. The third kappa shape index (κ3) is 4.37. The summed E-state index contributed by atoms with van der Waals surface area (Å²) in [5.74, 6) is 0.560. The van der Waals surface area contributed by atoms with Crippen LogP contribution in [0, 0.1) is 11.3 Å². The van der Waals surface area contributed by atoms with Gasteiger partial charge in [-0.25, -0.2) is 0 Å². The number of phosphoric ester groups is 1. The topological polar surface area (TPSA) is 132 Å². The van der Waals surface area contributed by atoms with Crippen molar-refractivity contribution in [3.63, 3.8) is 0 Å². The van der Waals surface area contributed by atoms with Crippen molar-refractivity contribution in [1.82, 2.24) is 4.90 Å². The minimum absolute atomic E-state index is 0.0136. The van der Waals surface area contributed by atoms with Crippen LogP contribution < -0.4 is 9.63 Å². The summed E-state index contributed by atoms with van der Waals surface area (Å²) < 4.78 is 27.1. The van der Waals surface area contributed by atoms with E-state index in [1.165, 1.54) is 0 Å². The first kappa shape index (κ1) is 20.8. The first-order chi connectivity index (χ1) is 13.1. The fourth-order valence-corrected chi connectivity index (χ4v) is 4.05. The number of likely N-dealkylation sites (tertiary alicyclic amines) is 1. The number of hydrogen-bond donors (Lipinski definition) is 1. The van der Waals surface area contributed by atoms with Crippen LogP contribution in [-0.2, 0) is 18.6 Å². The minimum Gasteiger partial charge on any atom is -0.756 e. The van der Waals surface area contributed by atoms with Crippen LogP contribution in [0.4, 0.5) is 0 Å². The largest absolute Gasteiger partial charge is 0.756 e. The SMILES string of the molecule is CC1(C)Oc2ccc(C#N)cc2[C@H](N2CCCC2=O)[C@H]1OCCOP(=O)([O-])O. The molecular weight excluding hydrogens is 387 g/mol. The number of hydrogen-bond acceptors (Lipinski definition) is 7. The van der Waals surface area contributed by atoms with E-state index in [1.54, 1.807) is 23.1 Å². The Balaban J connectivity index is 1.93. The average Bonchev–Trinajstić information content (AvgIpc) is 3.02. The lowest BCUT2D eigenvalue weighted by molar-refractivity contribution is -0.221. The number of benzene rings is 1. The van der Waals surface area contributed by atoms with Crippen LogP contribution in [0.15, 0.2) is 18.2 Å². The number of rotatable bonds is 6. The number of carbonyl (C=O) groups is 1. The van der Waals surface area contributed by atoms with Gasteiger partial charge in [0.2, 0.25) is 5.91 Å². The first-order valence-corrected chi connectivity index (χ1v) is 10.4. The highest BCUT2D eigenvalue weighted by molar-refractivity contribution is 7.44. The van der Waals surface area contributed by atoms with Crippen molar-refractivity contribution in [3.05, 3.63) is 29.3 Å². The lowest BCUT2D eigenvalue weighted by atomic mass is 9.84. The molecule has 1 saturated heterocycles. The van der Waals surface area contributed by atoms with Gasteiger partial charge < -0.3 is 28.7 Å². The Hall–Kier alpha value is -1.95. The Morgan fingerprint density at radius 2 is 2.21 bits per heavy atom. The monoisotopic (exact) mass is 409 g/mol. The molecular formula is C18H22N2O7P-. The fourth-order valence-electron chi connectivity index (χ4n) is 3.74. The minimum atomic E-state index is -4.84. The van der Waals surface area contributed by atoms with E-state index in [9.17, 15) is 19.5 Å². The molecule has 0 aliphatic carbocycles. The van der Waals surface area contributed by atoms with Crippen molar-refractivity contribution in [2.75, 3.05) is 19.8 Å². The van der Waals surface area contributed by atoms with Crippen molar-refractivity contribution in [2.45, 2.75) is 44.4 Å². The average molecular weight is 409 g/mol. The number of carbonyl (C=O) groups excluding carboxylic acids is 1. The van der Waals surface area contributed by atoms with Crippen LogP contribution in [0.1, 0.15) is 43.9 Å². The van der Waals surface area contributed by atoms with E-state index in [0.29, 0.717) is 29.8 Å². The lowest BCUT2D eigenvalue weighted by Gasteiger charge is -2.47. The van der Waals surface area contributed by atoms with Crippen LogP contribution in [0.5, 0.6) is 5.75 Å². The quantitative estimate of drug-likeness (QED) is 0.548. The summed E-state index contributed by atoms with van der Waals surface area (Å²) >= 11 is 0. The summed E-state index contributed by atoms with van der Waals surface area (Å²) in [6.45, 7) is 3.69. The Bertz CT molecular complexity index is 845. The van der Waals surface area contributed by atoms with Gasteiger partial charge in [-0.15, -0.1) is 0 Å². The van der Waals surface area contributed by atoms with E-state index in [-0.39, 0.29) is 19.1 Å². The third-order valence-corrected chi connectivity index (χ3v) is 5.39. The summed E-state index contributed by atoms with van der Waals surface area (Å²) in [6.07, 6.45) is 0.526. The smallest absolute Gasteiger partial charge is 0.265 e. The Kier molecular flexibility index (Phi) is 5.80. The molecule has 9 nitrogen and oxygen atoms in total. The fraction of sp³-hybridized carbons (Fsp3) is 0.556. The van der Waals surface area contributed by atoms with Crippen molar-refractivity contribution in [3.8, 4) is 11.8 Å². The van der Waals surface area contributed by atoms with E-state index < -0.39 is 25.6 Å². The molecule has 0 saturated carbocycles. The van der Waals surface area contributed by atoms with Crippen molar-refractivity contribution >= 4 is 13.7 Å². The molecule has 3 atom stereocenters. The summed E-state index contributed by atoms with van der Waals surface area (Å²) in [5, 5.41) is 9.26. The standard InChI is InChI=1S/C18H23N2O7P/c1-18(2)17(25-8-9-26-28(22,23)24)16(20-7-3-4-15(20)21)13-10-12(11-19)5-6-14(13)27-18/h5-6,10,16-17H,3-4,7-9H2,1-2H3,(H2,22,23,24)/p-1/t16-,17+/m0/s1. The second-order valence-electron chi connectivity index (χ2n) is 7.30. The van der Waals surface area contributed by atoms with Gasteiger partial charge >= 0.3 is 0 Å². The first-order valence-electron chi connectivity index (χ1n) is 8.95. The van der Waals surface area contributed by atoms with Crippen LogP contribution in [0.2, 0.25) is 0 Å². The molecule has 28 heavy (non-hydrogen) atoms. The summed E-state index contributed by atoms with van der Waals surface area (Å²) in [5.41, 5.74) is 0.277. The maximum absolute atomic E-state index is 12.5. The molecule has 0 spiro atoms. The van der Waals surface area contributed by atoms with Gasteiger partial charge in [-0.2, -0.15) is 5.26 Å². The van der Waals surface area contributed by atoms with Crippen LogP contribution >= 0.6 is 7.82 Å². The molecule has 1 N–H and O–H groups in total. The van der Waals surface area contributed by atoms with E-state index in [2.05, 4.69) is 10.6 Å². The predicted molar refractivity (Wildman–Crippen MR) is 95.1 cm³/mol. The zero-order valence-electron chi connectivity index (χ0n) is 15.7. The zero-order chi connectivity index (χ0) is 20.5.